The van der Waals surface area contributed by atoms with Gasteiger partial charge >= 0.3 is 5.97 Å². The molecule has 0 aliphatic heterocycles. The minimum absolute atomic E-state index is 0.0109. The molecule has 2 aromatic carbocycles. The van der Waals surface area contributed by atoms with Crippen molar-refractivity contribution >= 4 is 17.5 Å². The maximum absolute atomic E-state index is 13.6. The van der Waals surface area contributed by atoms with Gasteiger partial charge in [0.1, 0.15) is 6.61 Å². The van der Waals surface area contributed by atoms with E-state index in [0.717, 1.165) is 11.6 Å². The maximum Gasteiger partial charge on any atom is 0.374 e. The van der Waals surface area contributed by atoms with Gasteiger partial charge in [-0.1, -0.05) is 30.3 Å². The Labute approximate surface area is 144 Å². The molecule has 0 spiro atoms. The Kier molecular flexibility index (Phi) is 6.39. The van der Waals surface area contributed by atoms with Gasteiger partial charge in [-0.05, 0) is 23.8 Å². The van der Waals surface area contributed by atoms with Gasteiger partial charge in [0.2, 0.25) is 5.78 Å². The van der Waals surface area contributed by atoms with Crippen molar-refractivity contribution in [3.8, 4) is 5.75 Å². The van der Waals surface area contributed by atoms with E-state index in [9.17, 15) is 18.8 Å². The van der Waals surface area contributed by atoms with E-state index in [1.54, 1.807) is 24.3 Å². The third-order valence-electron chi connectivity index (χ3n) is 3.49. The monoisotopic (exact) mass is 344 g/mol. The molecule has 0 heterocycles. The van der Waals surface area contributed by atoms with E-state index >= 15 is 0 Å². The summed E-state index contributed by atoms with van der Waals surface area (Å²) in [5, 5.41) is 0. The van der Waals surface area contributed by atoms with Crippen LogP contribution >= 0.6 is 0 Å². The lowest BCUT2D eigenvalue weighted by molar-refractivity contribution is -0.154. The molecule has 0 bridgehead atoms. The highest BCUT2D eigenvalue weighted by atomic mass is 19.1. The molecule has 0 aliphatic carbocycles. The Morgan fingerprint density at radius 2 is 1.72 bits per heavy atom. The normalized spacial score (nSPS) is 10.2. The van der Waals surface area contributed by atoms with Crippen molar-refractivity contribution < 1.29 is 28.2 Å². The predicted octanol–water partition coefficient (Wildman–Crippen LogP) is 3.11. The van der Waals surface area contributed by atoms with E-state index in [-0.39, 0.29) is 30.8 Å². The number of methoxy groups -OCH3 is 1. The SMILES string of the molecule is COc1ccc(C(=O)CCC(=O)C(=O)OCc2ccccc2)cc1F. The first-order chi connectivity index (χ1) is 12.0. The van der Waals surface area contributed by atoms with E-state index in [1.807, 2.05) is 6.07 Å². The molecule has 0 aliphatic rings. The molecule has 0 aromatic heterocycles. The van der Waals surface area contributed by atoms with Crippen molar-refractivity contribution in [3.63, 3.8) is 0 Å². The second-order valence-corrected chi connectivity index (χ2v) is 5.26. The average Bonchev–Trinajstić information content (AvgIpc) is 2.64. The van der Waals surface area contributed by atoms with Crippen LogP contribution in [0.2, 0.25) is 0 Å². The molecule has 0 saturated heterocycles. The van der Waals surface area contributed by atoms with Gasteiger partial charge in [-0.15, -0.1) is 0 Å². The summed E-state index contributed by atoms with van der Waals surface area (Å²) in [5.41, 5.74) is 0.872. The van der Waals surface area contributed by atoms with Gasteiger partial charge in [0.25, 0.3) is 0 Å². The van der Waals surface area contributed by atoms with Gasteiger partial charge in [0, 0.05) is 18.4 Å². The summed E-state index contributed by atoms with van der Waals surface area (Å²) in [5.74, 6) is -2.86. The van der Waals surface area contributed by atoms with Gasteiger partial charge in [0.05, 0.1) is 7.11 Å². The minimum atomic E-state index is -0.988. The largest absolute Gasteiger partial charge is 0.494 e. The average molecular weight is 344 g/mol. The molecule has 0 unspecified atom stereocenters. The van der Waals surface area contributed by atoms with E-state index in [1.165, 1.54) is 19.2 Å². The third-order valence-corrected chi connectivity index (χ3v) is 3.49. The third kappa shape index (κ3) is 5.24. The Hall–Kier alpha value is -3.02. The van der Waals surface area contributed by atoms with Crippen LogP contribution in [0.25, 0.3) is 0 Å². The van der Waals surface area contributed by atoms with Crippen molar-refractivity contribution in [2.24, 2.45) is 0 Å². The number of Topliss-reactive ketones (excluding diaryl/α,β-unsaturated/α-hetero) is 2. The second kappa shape index (κ2) is 8.73. The summed E-state index contributed by atoms with van der Waals surface area (Å²) >= 11 is 0. The summed E-state index contributed by atoms with van der Waals surface area (Å²) in [7, 11) is 1.32. The lowest BCUT2D eigenvalue weighted by atomic mass is 10.0. The summed E-state index contributed by atoms with van der Waals surface area (Å²) in [4.78, 5) is 35.4. The zero-order valence-electron chi connectivity index (χ0n) is 13.7. The number of rotatable bonds is 8. The van der Waals surface area contributed by atoms with Crippen molar-refractivity contribution in [2.75, 3.05) is 7.11 Å². The van der Waals surface area contributed by atoms with Crippen LogP contribution in [-0.4, -0.2) is 24.6 Å². The van der Waals surface area contributed by atoms with Crippen molar-refractivity contribution in [3.05, 3.63) is 65.5 Å². The summed E-state index contributed by atoms with van der Waals surface area (Å²) < 4.78 is 23.3. The highest BCUT2D eigenvalue weighted by Gasteiger charge is 2.18. The highest BCUT2D eigenvalue weighted by molar-refractivity contribution is 6.34. The first kappa shape index (κ1) is 18.3. The molecule has 0 amide bonds. The Bertz CT molecular complexity index is 771. The van der Waals surface area contributed by atoms with Gasteiger partial charge in [-0.3, -0.25) is 9.59 Å². The van der Waals surface area contributed by atoms with E-state index in [0.29, 0.717) is 0 Å². The number of hydrogen-bond donors (Lipinski definition) is 0. The van der Waals surface area contributed by atoms with Gasteiger partial charge in [-0.25, -0.2) is 9.18 Å². The van der Waals surface area contributed by atoms with Crippen LogP contribution in [0.4, 0.5) is 4.39 Å². The summed E-state index contributed by atoms with van der Waals surface area (Å²) in [6.07, 6.45) is -0.495. The molecule has 2 aromatic rings. The number of carbonyl (C=O) groups is 3. The zero-order valence-corrected chi connectivity index (χ0v) is 13.7. The molecule has 0 fully saturated rings. The van der Waals surface area contributed by atoms with Gasteiger partial charge < -0.3 is 9.47 Å². The van der Waals surface area contributed by atoms with Crippen LogP contribution in [0.15, 0.2) is 48.5 Å². The smallest absolute Gasteiger partial charge is 0.374 e. The quantitative estimate of drug-likeness (QED) is 0.418. The topological polar surface area (TPSA) is 69.7 Å². The second-order valence-electron chi connectivity index (χ2n) is 5.26. The first-order valence-electron chi connectivity index (χ1n) is 7.62. The first-order valence-corrected chi connectivity index (χ1v) is 7.62. The molecular formula is C19H17FO5. The van der Waals surface area contributed by atoms with Crippen LogP contribution < -0.4 is 4.74 Å². The fourth-order valence-corrected chi connectivity index (χ4v) is 2.12. The van der Waals surface area contributed by atoms with Gasteiger partial charge in [0.15, 0.2) is 17.3 Å². The van der Waals surface area contributed by atoms with Gasteiger partial charge in [-0.2, -0.15) is 0 Å². The van der Waals surface area contributed by atoms with Crippen LogP contribution in [0.3, 0.4) is 0 Å². The molecule has 0 saturated carbocycles. The van der Waals surface area contributed by atoms with Crippen LogP contribution in [0.1, 0.15) is 28.8 Å². The number of carbonyl (C=O) groups excluding carboxylic acids is 3. The lowest BCUT2D eigenvalue weighted by Gasteiger charge is -2.05. The molecule has 5 nitrogen and oxygen atoms in total. The summed E-state index contributed by atoms with van der Waals surface area (Å²) in [6, 6.07) is 12.7. The number of esters is 1. The zero-order chi connectivity index (χ0) is 18.2. The lowest BCUT2D eigenvalue weighted by Crippen LogP contribution is -2.18. The molecule has 130 valence electrons. The molecule has 0 N–H and O–H groups in total. The van der Waals surface area contributed by atoms with Crippen molar-refractivity contribution in [1.82, 2.24) is 0 Å². The standard InChI is InChI=1S/C19H17FO5/c1-24-18-10-7-14(11-15(18)20)16(21)8-9-17(22)19(23)25-12-13-5-3-2-4-6-13/h2-7,10-11H,8-9,12H2,1H3. The maximum atomic E-state index is 13.6. The van der Waals surface area contributed by atoms with Crippen LogP contribution in [-0.2, 0) is 20.9 Å². The van der Waals surface area contributed by atoms with Crippen molar-refractivity contribution in [2.45, 2.75) is 19.4 Å². The Morgan fingerprint density at radius 1 is 1.00 bits per heavy atom. The Balaban J connectivity index is 1.83. The van der Waals surface area contributed by atoms with E-state index in [2.05, 4.69) is 0 Å². The molecule has 6 heteroatoms. The van der Waals surface area contributed by atoms with E-state index in [4.69, 9.17) is 9.47 Å². The minimum Gasteiger partial charge on any atom is -0.494 e. The number of hydrogen-bond acceptors (Lipinski definition) is 5. The number of ether oxygens (including phenoxy) is 2. The van der Waals surface area contributed by atoms with Crippen molar-refractivity contribution in [1.29, 1.82) is 0 Å². The molecule has 0 radical (unpaired) electrons. The fourth-order valence-electron chi connectivity index (χ4n) is 2.12. The molecule has 25 heavy (non-hydrogen) atoms. The van der Waals surface area contributed by atoms with Crippen LogP contribution in [0.5, 0.6) is 5.75 Å². The summed E-state index contributed by atoms with van der Waals surface area (Å²) in [6.45, 7) is -0.0109. The van der Waals surface area contributed by atoms with Crippen LogP contribution in [0, 0.1) is 5.82 Å². The number of halogens is 1. The predicted molar refractivity (Wildman–Crippen MR) is 87.8 cm³/mol. The van der Waals surface area contributed by atoms with E-state index < -0.39 is 23.4 Å². The molecule has 2 rings (SSSR count). The molecular weight excluding hydrogens is 327 g/mol. The Morgan fingerprint density at radius 3 is 2.36 bits per heavy atom. The number of benzene rings is 2. The highest BCUT2D eigenvalue weighted by Crippen LogP contribution is 2.19. The number of ketones is 2. The molecule has 0 atom stereocenters. The fraction of sp³-hybridized carbons (Fsp3) is 0.211.